The molecule has 2 aromatic heterocycles. The Labute approximate surface area is 186 Å². The number of piperazine rings is 1. The molecule has 168 valence electrons. The SMILES string of the molecule is CCN1CCN(c2cc3c(cc2F)c(=O)c(C(=O)n2nc(C)cc2C)cn3C2CC2)CC1. The number of fused-ring (bicyclic) bond motifs is 1. The molecule has 8 heteroatoms. The molecule has 0 radical (unpaired) electrons. The second kappa shape index (κ2) is 7.85. The highest BCUT2D eigenvalue weighted by atomic mass is 19.1. The molecular weight excluding hydrogens is 409 g/mol. The van der Waals surface area contributed by atoms with E-state index in [1.807, 2.05) is 4.57 Å². The number of benzene rings is 1. The summed E-state index contributed by atoms with van der Waals surface area (Å²) < 4.78 is 18.5. The van der Waals surface area contributed by atoms with Gasteiger partial charge < -0.3 is 14.4 Å². The second-order valence-electron chi connectivity index (χ2n) is 8.90. The first-order valence-corrected chi connectivity index (χ1v) is 11.3. The number of nitrogens with zero attached hydrogens (tertiary/aromatic N) is 5. The summed E-state index contributed by atoms with van der Waals surface area (Å²) >= 11 is 0. The number of rotatable bonds is 4. The number of hydrogen-bond donors (Lipinski definition) is 0. The molecule has 7 nitrogen and oxygen atoms in total. The van der Waals surface area contributed by atoms with E-state index in [9.17, 15) is 9.59 Å². The van der Waals surface area contributed by atoms with Crippen LogP contribution in [0.2, 0.25) is 0 Å². The summed E-state index contributed by atoms with van der Waals surface area (Å²) in [5, 5.41) is 4.49. The minimum absolute atomic E-state index is 0.0271. The zero-order chi connectivity index (χ0) is 22.6. The number of anilines is 1. The van der Waals surface area contributed by atoms with Gasteiger partial charge in [0.05, 0.1) is 16.9 Å². The van der Waals surface area contributed by atoms with Gasteiger partial charge in [0.2, 0.25) is 5.43 Å². The average molecular weight is 438 g/mol. The molecule has 2 fully saturated rings. The fourth-order valence-electron chi connectivity index (χ4n) is 4.66. The lowest BCUT2D eigenvalue weighted by molar-refractivity contribution is 0.0940. The summed E-state index contributed by atoms with van der Waals surface area (Å²) in [6, 6.07) is 5.13. The highest BCUT2D eigenvalue weighted by molar-refractivity contribution is 5.99. The summed E-state index contributed by atoms with van der Waals surface area (Å²) in [6.45, 7) is 9.97. The third-order valence-corrected chi connectivity index (χ3v) is 6.63. The summed E-state index contributed by atoms with van der Waals surface area (Å²) in [5.41, 5.74) is 2.17. The van der Waals surface area contributed by atoms with Crippen molar-refractivity contribution >= 4 is 22.5 Å². The van der Waals surface area contributed by atoms with Gasteiger partial charge in [-0.15, -0.1) is 0 Å². The first-order chi connectivity index (χ1) is 15.4. The van der Waals surface area contributed by atoms with Crippen molar-refractivity contribution in [3.63, 3.8) is 0 Å². The van der Waals surface area contributed by atoms with Gasteiger partial charge in [-0.1, -0.05) is 6.92 Å². The number of aromatic nitrogens is 3. The summed E-state index contributed by atoms with van der Waals surface area (Å²) in [4.78, 5) is 30.9. The lowest BCUT2D eigenvalue weighted by Crippen LogP contribution is -2.46. The maximum atomic E-state index is 15.2. The number of halogens is 1. The number of pyridine rings is 1. The minimum atomic E-state index is -0.475. The third-order valence-electron chi connectivity index (χ3n) is 6.63. The first-order valence-electron chi connectivity index (χ1n) is 11.3. The summed E-state index contributed by atoms with van der Waals surface area (Å²) in [5.74, 6) is -0.894. The van der Waals surface area contributed by atoms with Crippen LogP contribution in [0, 0.1) is 19.7 Å². The monoisotopic (exact) mass is 437 g/mol. The average Bonchev–Trinajstić information content (AvgIpc) is 3.57. The number of carbonyl (C=O) groups excluding carboxylic acids is 1. The van der Waals surface area contributed by atoms with Crippen molar-refractivity contribution in [2.24, 2.45) is 0 Å². The molecule has 0 N–H and O–H groups in total. The minimum Gasteiger partial charge on any atom is -0.367 e. The molecule has 1 saturated carbocycles. The van der Waals surface area contributed by atoms with E-state index >= 15 is 4.39 Å². The van der Waals surface area contributed by atoms with Crippen LogP contribution in [-0.2, 0) is 0 Å². The highest BCUT2D eigenvalue weighted by Gasteiger charge is 2.29. The van der Waals surface area contributed by atoms with Gasteiger partial charge in [0.15, 0.2) is 0 Å². The van der Waals surface area contributed by atoms with Crippen LogP contribution < -0.4 is 10.3 Å². The van der Waals surface area contributed by atoms with Gasteiger partial charge in [-0.2, -0.15) is 5.10 Å². The zero-order valence-corrected chi connectivity index (χ0v) is 18.8. The number of likely N-dealkylation sites (N-methyl/N-ethyl adjacent to an activating group) is 1. The van der Waals surface area contributed by atoms with Gasteiger partial charge in [-0.3, -0.25) is 9.59 Å². The predicted octanol–water partition coefficient (Wildman–Crippen LogP) is 3.12. The standard InChI is InChI=1S/C24H28FN5O2/c1-4-27-7-9-28(10-8-27)22-13-21-18(12-20(22)25)23(31)19(14-29(21)17-5-6-17)24(32)30-16(3)11-15(2)26-30/h11-14,17H,4-10H2,1-3H3. The number of hydrogen-bond acceptors (Lipinski definition) is 5. The van der Waals surface area contributed by atoms with E-state index in [4.69, 9.17) is 0 Å². The van der Waals surface area contributed by atoms with Crippen molar-refractivity contribution in [2.45, 2.75) is 39.7 Å². The molecule has 0 unspecified atom stereocenters. The van der Waals surface area contributed by atoms with Gasteiger partial charge in [-0.25, -0.2) is 9.07 Å². The predicted molar refractivity (Wildman–Crippen MR) is 122 cm³/mol. The smallest absolute Gasteiger partial charge is 0.283 e. The molecule has 3 heterocycles. The van der Waals surface area contributed by atoms with Crippen molar-refractivity contribution in [1.29, 1.82) is 0 Å². The van der Waals surface area contributed by atoms with E-state index in [1.165, 1.54) is 10.7 Å². The number of aryl methyl sites for hydroxylation is 2. The largest absolute Gasteiger partial charge is 0.367 e. The Hall–Kier alpha value is -3.00. The van der Waals surface area contributed by atoms with Gasteiger partial charge >= 0.3 is 0 Å². The van der Waals surface area contributed by atoms with Crippen molar-refractivity contribution < 1.29 is 9.18 Å². The van der Waals surface area contributed by atoms with Gasteiger partial charge in [0.25, 0.3) is 5.91 Å². The molecule has 3 aromatic rings. The van der Waals surface area contributed by atoms with E-state index < -0.39 is 17.2 Å². The van der Waals surface area contributed by atoms with Crippen LogP contribution in [0.1, 0.15) is 47.6 Å². The molecule has 1 saturated heterocycles. The molecule has 2 aliphatic rings. The Morgan fingerprint density at radius 1 is 1.12 bits per heavy atom. The van der Waals surface area contributed by atoms with Crippen LogP contribution in [0.4, 0.5) is 10.1 Å². The molecule has 0 amide bonds. The van der Waals surface area contributed by atoms with Crippen molar-refractivity contribution in [3.8, 4) is 0 Å². The molecule has 1 aliphatic carbocycles. The second-order valence-corrected chi connectivity index (χ2v) is 8.90. The van der Waals surface area contributed by atoms with Crippen molar-refractivity contribution in [2.75, 3.05) is 37.6 Å². The van der Waals surface area contributed by atoms with Crippen LogP contribution in [0.5, 0.6) is 0 Å². The molecule has 1 aliphatic heterocycles. The van der Waals surface area contributed by atoms with E-state index in [1.54, 1.807) is 32.2 Å². The molecular formula is C24H28FN5O2. The Balaban J connectivity index is 1.62. The maximum absolute atomic E-state index is 15.2. The van der Waals surface area contributed by atoms with Crippen LogP contribution in [0.15, 0.2) is 29.2 Å². The van der Waals surface area contributed by atoms with E-state index in [-0.39, 0.29) is 17.0 Å². The third kappa shape index (κ3) is 3.52. The van der Waals surface area contributed by atoms with Crippen molar-refractivity contribution in [1.82, 2.24) is 19.2 Å². The Morgan fingerprint density at radius 2 is 1.84 bits per heavy atom. The van der Waals surface area contributed by atoms with Gasteiger partial charge in [0.1, 0.15) is 11.4 Å². The van der Waals surface area contributed by atoms with Crippen molar-refractivity contribution in [3.05, 3.63) is 57.4 Å². The first kappa shape index (κ1) is 20.9. The van der Waals surface area contributed by atoms with Crippen LogP contribution in [-0.4, -0.2) is 57.9 Å². The fraction of sp³-hybridized carbons (Fsp3) is 0.458. The lowest BCUT2D eigenvalue weighted by atomic mass is 10.1. The molecule has 32 heavy (non-hydrogen) atoms. The quantitative estimate of drug-likeness (QED) is 0.628. The normalized spacial score (nSPS) is 17.3. The Kier molecular flexibility index (Phi) is 5.12. The van der Waals surface area contributed by atoms with E-state index in [2.05, 4.69) is 21.8 Å². The van der Waals surface area contributed by atoms with E-state index in [0.29, 0.717) is 22.6 Å². The summed E-state index contributed by atoms with van der Waals surface area (Å²) in [7, 11) is 0. The Bertz CT molecular complexity index is 1270. The zero-order valence-electron chi connectivity index (χ0n) is 18.8. The highest BCUT2D eigenvalue weighted by Crippen LogP contribution is 2.38. The molecule has 5 rings (SSSR count). The number of carbonyl (C=O) groups is 1. The summed E-state index contributed by atoms with van der Waals surface area (Å²) in [6.07, 6.45) is 3.61. The molecule has 0 atom stereocenters. The maximum Gasteiger partial charge on any atom is 0.283 e. The topological polar surface area (TPSA) is 63.4 Å². The fourth-order valence-corrected chi connectivity index (χ4v) is 4.66. The van der Waals surface area contributed by atoms with Gasteiger partial charge in [-0.05, 0) is 51.4 Å². The molecule has 0 spiro atoms. The van der Waals surface area contributed by atoms with Crippen LogP contribution >= 0.6 is 0 Å². The lowest BCUT2D eigenvalue weighted by Gasteiger charge is -2.35. The van der Waals surface area contributed by atoms with Gasteiger partial charge in [0, 0.05) is 49.5 Å². The Morgan fingerprint density at radius 3 is 2.44 bits per heavy atom. The van der Waals surface area contributed by atoms with E-state index in [0.717, 1.165) is 45.6 Å². The van der Waals surface area contributed by atoms with Crippen LogP contribution in [0.25, 0.3) is 10.9 Å². The molecule has 0 bridgehead atoms. The molecule has 1 aromatic carbocycles. The van der Waals surface area contributed by atoms with Crippen LogP contribution in [0.3, 0.4) is 0 Å².